The Morgan fingerprint density at radius 2 is 2.09 bits per heavy atom. The van der Waals surface area contributed by atoms with Gasteiger partial charge in [0, 0.05) is 0 Å². The molecule has 0 aromatic heterocycles. The van der Waals surface area contributed by atoms with E-state index in [4.69, 9.17) is 0 Å². The second-order valence-electron chi connectivity index (χ2n) is 1.51. The van der Waals surface area contributed by atoms with Gasteiger partial charge in [-0.3, -0.25) is 4.79 Å². The molecule has 2 aliphatic rings. The molecule has 2 rings (SSSR count). The van der Waals surface area contributed by atoms with Crippen molar-refractivity contribution in [1.29, 1.82) is 0 Å². The SMILES string of the molecule is O=C1[N-][N+](=C2N=NN=N2)[N-]O1. The van der Waals surface area contributed by atoms with E-state index < -0.39 is 6.09 Å². The van der Waals surface area contributed by atoms with Crippen LogP contribution in [0.1, 0.15) is 0 Å². The van der Waals surface area contributed by atoms with Crippen molar-refractivity contribution in [3.05, 3.63) is 11.0 Å². The van der Waals surface area contributed by atoms with Crippen molar-refractivity contribution >= 4 is 12.1 Å². The molecule has 1 amide bonds. The van der Waals surface area contributed by atoms with E-state index in [2.05, 4.69) is 36.5 Å². The van der Waals surface area contributed by atoms with Crippen molar-refractivity contribution in [2.75, 3.05) is 0 Å². The first-order chi connectivity index (χ1) is 5.36. The molecule has 1 fully saturated rings. The van der Waals surface area contributed by atoms with Crippen molar-refractivity contribution in [2.45, 2.75) is 0 Å². The molecule has 0 bridgehead atoms. The predicted octanol–water partition coefficient (Wildman–Crippen LogP) is 0.831. The lowest BCUT2D eigenvalue weighted by Crippen LogP contribution is -2.02. The molecular formula is C2N7O2-. The molecule has 2 heterocycles. The van der Waals surface area contributed by atoms with Gasteiger partial charge in [0.15, 0.2) is 0 Å². The largest absolute Gasteiger partial charge is 0.517 e. The zero-order valence-electron chi connectivity index (χ0n) is 4.95. The summed E-state index contributed by atoms with van der Waals surface area (Å²) in [5.41, 5.74) is 6.40. The van der Waals surface area contributed by atoms with Crippen LogP contribution in [0.25, 0.3) is 11.0 Å². The van der Waals surface area contributed by atoms with Crippen molar-refractivity contribution < 1.29 is 14.4 Å². The second-order valence-corrected chi connectivity index (χ2v) is 1.51. The Morgan fingerprint density at radius 1 is 1.36 bits per heavy atom. The fourth-order valence-electron chi connectivity index (χ4n) is 0.489. The van der Waals surface area contributed by atoms with Crippen LogP contribution >= 0.6 is 0 Å². The van der Waals surface area contributed by atoms with Crippen LogP contribution in [-0.2, 0) is 4.84 Å². The molecule has 1 saturated heterocycles. The minimum atomic E-state index is -0.824. The van der Waals surface area contributed by atoms with Crippen LogP contribution in [0.15, 0.2) is 20.7 Å². The molecule has 56 valence electrons. The van der Waals surface area contributed by atoms with Crippen molar-refractivity contribution in [3.63, 3.8) is 0 Å². The molecule has 0 N–H and O–H groups in total. The highest BCUT2D eigenvalue weighted by Gasteiger charge is 2.13. The van der Waals surface area contributed by atoms with Crippen LogP contribution in [-0.4, -0.2) is 16.8 Å². The average Bonchev–Trinajstić information content (AvgIpc) is 2.55. The molecule has 0 radical (unpaired) electrons. The van der Waals surface area contributed by atoms with Gasteiger partial charge in [0.2, 0.25) is 6.09 Å². The summed E-state index contributed by atoms with van der Waals surface area (Å²) in [5, 5.41) is 13.0. The molecular weight excluding hydrogens is 154 g/mol. The molecule has 9 nitrogen and oxygen atoms in total. The van der Waals surface area contributed by atoms with Gasteiger partial charge in [-0.15, -0.1) is 0 Å². The van der Waals surface area contributed by atoms with Gasteiger partial charge in [0.1, 0.15) is 0 Å². The van der Waals surface area contributed by atoms with E-state index >= 15 is 0 Å². The number of carbonyl (C=O) groups excluding carboxylic acids is 1. The van der Waals surface area contributed by atoms with E-state index in [1.807, 2.05) is 0 Å². The maximum absolute atomic E-state index is 10.3. The maximum atomic E-state index is 10.3. The first-order valence-electron chi connectivity index (χ1n) is 2.49. The van der Waals surface area contributed by atoms with Gasteiger partial charge in [-0.05, 0) is 0 Å². The van der Waals surface area contributed by atoms with Crippen molar-refractivity contribution in [3.8, 4) is 0 Å². The third-order valence-electron chi connectivity index (χ3n) is 0.860. The van der Waals surface area contributed by atoms with Crippen LogP contribution in [0.5, 0.6) is 0 Å². The number of hydrogen-bond donors (Lipinski definition) is 0. The third-order valence-corrected chi connectivity index (χ3v) is 0.860. The minimum Gasteiger partial charge on any atom is -0.517 e. The number of carbonyl (C=O) groups is 1. The first kappa shape index (κ1) is 5.70. The molecule has 0 aromatic rings. The van der Waals surface area contributed by atoms with E-state index in [0.29, 0.717) is 0 Å². The van der Waals surface area contributed by atoms with Gasteiger partial charge in [-0.1, -0.05) is 0 Å². The summed E-state index contributed by atoms with van der Waals surface area (Å²) in [6, 6.07) is 0. The molecule has 11 heavy (non-hydrogen) atoms. The molecule has 0 unspecified atom stereocenters. The summed E-state index contributed by atoms with van der Waals surface area (Å²) in [6.07, 6.45) is -0.824. The smallest absolute Gasteiger partial charge is 0.457 e. The summed E-state index contributed by atoms with van der Waals surface area (Å²) in [7, 11) is 0. The zero-order valence-corrected chi connectivity index (χ0v) is 4.95. The summed E-state index contributed by atoms with van der Waals surface area (Å²) in [6.45, 7) is 0. The topological polar surface area (TPSA) is 107 Å². The van der Waals surface area contributed by atoms with Crippen LogP contribution in [0.2, 0.25) is 0 Å². The van der Waals surface area contributed by atoms with Crippen molar-refractivity contribution in [2.24, 2.45) is 20.7 Å². The van der Waals surface area contributed by atoms with Crippen LogP contribution < -0.4 is 0 Å². The van der Waals surface area contributed by atoms with Gasteiger partial charge < -0.3 is 20.6 Å². The van der Waals surface area contributed by atoms with E-state index in [0.717, 1.165) is 4.79 Å². The molecule has 0 aliphatic carbocycles. The monoisotopic (exact) mass is 154 g/mol. The van der Waals surface area contributed by atoms with Gasteiger partial charge in [0.05, 0.1) is 20.7 Å². The Hall–Kier alpha value is -2.06. The molecule has 9 heteroatoms. The standard InChI is InChI=1S/C2N7O2/c10-2-5-9(8-11-2)1-3-6-7-4-1/q-1. The fraction of sp³-hybridized carbons (Fsp3) is 0. The second kappa shape index (κ2) is 1.97. The number of hydrogen-bond acceptors (Lipinski definition) is 4. The average molecular weight is 154 g/mol. The number of amides is 1. The van der Waals surface area contributed by atoms with Gasteiger partial charge in [-0.25, -0.2) is 0 Å². The van der Waals surface area contributed by atoms with Crippen molar-refractivity contribution in [1.82, 2.24) is 0 Å². The highest BCUT2D eigenvalue weighted by atomic mass is 16.8. The third kappa shape index (κ3) is 0.870. The molecule has 0 saturated carbocycles. The Morgan fingerprint density at radius 3 is 2.64 bits per heavy atom. The Labute approximate surface area is 59.3 Å². The van der Waals surface area contributed by atoms with E-state index in [1.54, 1.807) is 0 Å². The molecule has 0 atom stereocenters. The number of rotatable bonds is 0. The lowest BCUT2D eigenvalue weighted by Gasteiger charge is -2.14. The van der Waals surface area contributed by atoms with Gasteiger partial charge in [0.25, 0.3) is 0 Å². The lowest BCUT2D eigenvalue weighted by molar-refractivity contribution is -0.430. The zero-order chi connectivity index (χ0) is 7.68. The Balaban J connectivity index is 2.27. The highest BCUT2D eigenvalue weighted by molar-refractivity contribution is 5.84. The molecule has 0 spiro atoms. The Kier molecular flexibility index (Phi) is 1.02. The van der Waals surface area contributed by atoms with Gasteiger partial charge >= 0.3 is 5.96 Å². The Bertz CT molecular complexity index is 275. The number of guanidine groups is 1. The molecule has 2 aliphatic heterocycles. The van der Waals surface area contributed by atoms with E-state index in [9.17, 15) is 4.79 Å². The predicted molar refractivity (Wildman–Crippen MR) is 28.2 cm³/mol. The minimum absolute atomic E-state index is 0.00384. The summed E-state index contributed by atoms with van der Waals surface area (Å²) < 4.78 is 0. The summed E-state index contributed by atoms with van der Waals surface area (Å²) in [4.78, 5) is 15.2. The van der Waals surface area contributed by atoms with Crippen LogP contribution in [0.3, 0.4) is 0 Å². The normalized spacial score (nSPS) is 20.2. The summed E-state index contributed by atoms with van der Waals surface area (Å²) >= 11 is 0. The lowest BCUT2D eigenvalue weighted by atomic mass is 11.1. The van der Waals surface area contributed by atoms with Crippen LogP contribution in [0, 0.1) is 0 Å². The maximum Gasteiger partial charge on any atom is 0.457 e. The van der Waals surface area contributed by atoms with Gasteiger partial charge in [-0.2, -0.15) is 0 Å². The molecule has 0 aromatic carbocycles. The van der Waals surface area contributed by atoms with E-state index in [1.165, 1.54) is 0 Å². The highest BCUT2D eigenvalue weighted by Crippen LogP contribution is 2.15. The quantitative estimate of drug-likeness (QED) is 0.481. The first-order valence-corrected chi connectivity index (χ1v) is 2.49. The van der Waals surface area contributed by atoms with Crippen LogP contribution in [0.4, 0.5) is 4.79 Å². The summed E-state index contributed by atoms with van der Waals surface area (Å²) in [5.74, 6) is -0.00384. The van der Waals surface area contributed by atoms with E-state index in [-0.39, 0.29) is 5.96 Å². The fourth-order valence-corrected chi connectivity index (χ4v) is 0.489. The number of nitrogens with zero attached hydrogens (tertiary/aromatic N) is 7.